The topological polar surface area (TPSA) is 43.1 Å². The minimum Gasteiger partial charge on any atom is -0.319 e. The Bertz CT molecular complexity index is 489. The van der Waals surface area contributed by atoms with Gasteiger partial charge in [-0.3, -0.25) is 4.79 Å². The molecule has 1 saturated carbocycles. The van der Waals surface area contributed by atoms with Crippen LogP contribution < -0.4 is 5.73 Å². The molecule has 1 aromatic rings. The molecule has 0 bridgehead atoms. The summed E-state index contributed by atoms with van der Waals surface area (Å²) < 4.78 is 26.6. The molecule has 0 saturated heterocycles. The fourth-order valence-electron chi connectivity index (χ4n) is 2.87. The van der Waals surface area contributed by atoms with Crippen molar-refractivity contribution in [2.75, 3.05) is 0 Å². The van der Waals surface area contributed by atoms with E-state index >= 15 is 0 Å². The molecule has 2 nitrogen and oxygen atoms in total. The summed E-state index contributed by atoms with van der Waals surface area (Å²) >= 11 is 0. The first-order chi connectivity index (χ1) is 8.90. The molecule has 2 atom stereocenters. The van der Waals surface area contributed by atoms with Crippen LogP contribution in [0.15, 0.2) is 18.2 Å². The quantitative estimate of drug-likeness (QED) is 0.915. The highest BCUT2D eigenvalue weighted by molar-refractivity contribution is 5.90. The van der Waals surface area contributed by atoms with Gasteiger partial charge in [-0.15, -0.1) is 0 Å². The van der Waals surface area contributed by atoms with Crippen LogP contribution in [0.3, 0.4) is 0 Å². The van der Waals surface area contributed by atoms with Gasteiger partial charge in [-0.2, -0.15) is 0 Å². The maximum atomic E-state index is 13.5. The van der Waals surface area contributed by atoms with Crippen LogP contribution in [-0.2, 0) is 11.2 Å². The van der Waals surface area contributed by atoms with Crippen LogP contribution in [-0.4, -0.2) is 11.3 Å². The van der Waals surface area contributed by atoms with Gasteiger partial charge in [0.05, 0.1) is 5.54 Å². The first-order valence-electron chi connectivity index (χ1n) is 6.67. The molecule has 0 aliphatic heterocycles. The van der Waals surface area contributed by atoms with E-state index in [0.29, 0.717) is 18.8 Å². The van der Waals surface area contributed by atoms with Crippen molar-refractivity contribution in [3.8, 4) is 0 Å². The average Bonchev–Trinajstić information content (AvgIpc) is 2.33. The molecule has 4 heteroatoms. The molecule has 0 spiro atoms. The van der Waals surface area contributed by atoms with Gasteiger partial charge in [0, 0.05) is 6.42 Å². The molecule has 0 radical (unpaired) electrons. The monoisotopic (exact) mass is 267 g/mol. The van der Waals surface area contributed by atoms with E-state index in [4.69, 9.17) is 5.73 Å². The fraction of sp³-hybridized carbons (Fsp3) is 0.533. The first-order valence-corrected chi connectivity index (χ1v) is 6.67. The second kappa shape index (κ2) is 5.37. The largest absolute Gasteiger partial charge is 0.319 e. The lowest BCUT2D eigenvalue weighted by molar-refractivity contribution is -0.125. The van der Waals surface area contributed by atoms with E-state index in [0.717, 1.165) is 31.0 Å². The number of hydrogen-bond donors (Lipinski definition) is 1. The van der Waals surface area contributed by atoms with Crippen LogP contribution in [0.4, 0.5) is 8.78 Å². The highest BCUT2D eigenvalue weighted by atomic mass is 19.1. The molecule has 1 aliphatic rings. The Morgan fingerprint density at radius 1 is 1.47 bits per heavy atom. The molecule has 0 aromatic heterocycles. The van der Waals surface area contributed by atoms with E-state index in [2.05, 4.69) is 6.92 Å². The normalized spacial score (nSPS) is 27.3. The maximum Gasteiger partial charge on any atom is 0.157 e. The summed E-state index contributed by atoms with van der Waals surface area (Å²) in [5.74, 6) is -0.877. The van der Waals surface area contributed by atoms with E-state index in [1.165, 1.54) is 0 Å². The van der Waals surface area contributed by atoms with Crippen molar-refractivity contribution in [2.24, 2.45) is 11.7 Å². The molecular weight excluding hydrogens is 248 g/mol. The van der Waals surface area contributed by atoms with E-state index < -0.39 is 17.2 Å². The number of hydrogen-bond acceptors (Lipinski definition) is 2. The Kier molecular flexibility index (Phi) is 3.99. The number of nitrogens with two attached hydrogens (primary N) is 1. The zero-order valence-electron chi connectivity index (χ0n) is 11.1. The van der Waals surface area contributed by atoms with Gasteiger partial charge >= 0.3 is 0 Å². The second-order valence-electron chi connectivity index (χ2n) is 5.69. The zero-order chi connectivity index (χ0) is 14.0. The van der Waals surface area contributed by atoms with Crippen LogP contribution in [0.25, 0.3) is 0 Å². The molecule has 19 heavy (non-hydrogen) atoms. The summed E-state index contributed by atoms with van der Waals surface area (Å²) in [6.45, 7) is 2.07. The Balaban J connectivity index is 2.14. The fourth-order valence-corrected chi connectivity index (χ4v) is 2.87. The van der Waals surface area contributed by atoms with Crippen LogP contribution in [0.1, 0.15) is 38.2 Å². The molecule has 1 aliphatic carbocycles. The molecule has 1 aromatic carbocycles. The van der Waals surface area contributed by atoms with Crippen LogP contribution in [0, 0.1) is 17.6 Å². The molecule has 104 valence electrons. The first kappa shape index (κ1) is 14.1. The lowest BCUT2D eigenvalue weighted by Crippen LogP contribution is -2.51. The molecule has 2 N–H and O–H groups in total. The third kappa shape index (κ3) is 3.18. The van der Waals surface area contributed by atoms with Gasteiger partial charge < -0.3 is 5.73 Å². The third-order valence-corrected chi connectivity index (χ3v) is 3.95. The second-order valence-corrected chi connectivity index (χ2v) is 5.69. The number of carbonyl (C=O) groups excluding carboxylic acids is 1. The SMILES string of the molecule is CC1CCCC(N)(C(=O)Cc2cc(F)ccc2F)C1. The number of benzene rings is 1. The highest BCUT2D eigenvalue weighted by Gasteiger charge is 2.37. The lowest BCUT2D eigenvalue weighted by Gasteiger charge is -2.35. The minimum absolute atomic E-state index is 0.0908. The van der Waals surface area contributed by atoms with Gasteiger partial charge in [0.25, 0.3) is 0 Å². The molecule has 2 rings (SSSR count). The Labute approximate surface area is 112 Å². The maximum absolute atomic E-state index is 13.5. The highest BCUT2D eigenvalue weighted by Crippen LogP contribution is 2.32. The summed E-state index contributed by atoms with van der Waals surface area (Å²) in [5, 5.41) is 0. The predicted octanol–water partition coefficient (Wildman–Crippen LogP) is 2.98. The average molecular weight is 267 g/mol. The van der Waals surface area contributed by atoms with Crippen molar-refractivity contribution in [3.05, 3.63) is 35.4 Å². The van der Waals surface area contributed by atoms with Gasteiger partial charge in [-0.1, -0.05) is 19.8 Å². The standard InChI is InChI=1S/C15H19F2NO/c1-10-3-2-6-15(18,9-10)14(19)8-11-7-12(16)4-5-13(11)17/h4-5,7,10H,2-3,6,8-9,18H2,1H3. The van der Waals surface area contributed by atoms with Crippen molar-refractivity contribution in [2.45, 2.75) is 44.6 Å². The molecule has 1 fully saturated rings. The van der Waals surface area contributed by atoms with E-state index in [-0.39, 0.29) is 17.8 Å². The van der Waals surface area contributed by atoms with Crippen molar-refractivity contribution in [1.82, 2.24) is 0 Å². The molecule has 0 heterocycles. The zero-order valence-corrected chi connectivity index (χ0v) is 11.1. The Hall–Kier alpha value is -1.29. The predicted molar refractivity (Wildman–Crippen MR) is 69.6 cm³/mol. The minimum atomic E-state index is -0.879. The summed E-state index contributed by atoms with van der Waals surface area (Å²) in [5.41, 5.74) is 5.38. The van der Waals surface area contributed by atoms with E-state index in [1.807, 2.05) is 0 Å². The Morgan fingerprint density at radius 3 is 2.89 bits per heavy atom. The van der Waals surface area contributed by atoms with Gasteiger partial charge in [0.15, 0.2) is 5.78 Å². The molecule has 0 amide bonds. The number of Topliss-reactive ketones (excluding diaryl/α,β-unsaturated/α-hetero) is 1. The number of carbonyl (C=O) groups is 1. The third-order valence-electron chi connectivity index (χ3n) is 3.95. The van der Waals surface area contributed by atoms with Crippen molar-refractivity contribution in [1.29, 1.82) is 0 Å². The van der Waals surface area contributed by atoms with Gasteiger partial charge in [-0.25, -0.2) is 8.78 Å². The van der Waals surface area contributed by atoms with Crippen LogP contribution in [0.2, 0.25) is 0 Å². The summed E-state index contributed by atoms with van der Waals surface area (Å²) in [4.78, 5) is 12.3. The van der Waals surface area contributed by atoms with Gasteiger partial charge in [0.2, 0.25) is 0 Å². The molecule has 2 unspecified atom stereocenters. The summed E-state index contributed by atoms with van der Waals surface area (Å²) in [7, 11) is 0. The van der Waals surface area contributed by atoms with Crippen molar-refractivity contribution < 1.29 is 13.6 Å². The molecular formula is C15H19F2NO. The Morgan fingerprint density at radius 2 is 2.21 bits per heavy atom. The smallest absolute Gasteiger partial charge is 0.157 e. The number of rotatable bonds is 3. The number of halogens is 2. The van der Waals surface area contributed by atoms with Crippen LogP contribution in [0.5, 0.6) is 0 Å². The van der Waals surface area contributed by atoms with Gasteiger partial charge in [-0.05, 0) is 42.5 Å². The summed E-state index contributed by atoms with van der Waals surface area (Å²) in [6.07, 6.45) is 3.11. The van der Waals surface area contributed by atoms with Crippen molar-refractivity contribution in [3.63, 3.8) is 0 Å². The summed E-state index contributed by atoms with van der Waals surface area (Å²) in [6, 6.07) is 3.16. The number of ketones is 1. The van der Waals surface area contributed by atoms with Crippen molar-refractivity contribution >= 4 is 5.78 Å². The van der Waals surface area contributed by atoms with Gasteiger partial charge in [0.1, 0.15) is 11.6 Å². The van der Waals surface area contributed by atoms with E-state index in [9.17, 15) is 13.6 Å². The lowest BCUT2D eigenvalue weighted by atomic mass is 9.73. The van der Waals surface area contributed by atoms with Crippen LogP contribution >= 0.6 is 0 Å². The van der Waals surface area contributed by atoms with E-state index in [1.54, 1.807) is 0 Å².